The maximum absolute atomic E-state index is 14.0. The Morgan fingerprint density at radius 3 is 1.74 bits per heavy atom. The first-order valence-corrected chi connectivity index (χ1v) is 19.7. The Morgan fingerprint density at radius 2 is 1.18 bits per heavy atom. The van der Waals surface area contributed by atoms with E-state index >= 15 is 0 Å². The second-order valence-corrected chi connectivity index (χ2v) is 15.4. The summed E-state index contributed by atoms with van der Waals surface area (Å²) in [4.78, 5) is 82.0. The average molecular weight is 984 g/mol. The molecule has 0 aliphatic carbocycles. The van der Waals surface area contributed by atoms with Crippen molar-refractivity contribution >= 4 is 29.3 Å². The quantitative estimate of drug-likeness (QED) is 0.0767. The summed E-state index contributed by atoms with van der Waals surface area (Å²) in [6.07, 6.45) is -22.2. The van der Waals surface area contributed by atoms with E-state index in [4.69, 9.17) is 23.7 Å². The number of phenolic OH excluding ortho intramolecular Hbond substituents is 1. The number of hydrogen-bond donors (Lipinski definition) is 7. The van der Waals surface area contributed by atoms with Crippen LogP contribution in [0.4, 0.5) is 0 Å². The molecule has 5 rings (SSSR count). The minimum atomic E-state index is -6.06. The number of carbonyl (C=O) groups is 1. The third-order valence-corrected chi connectivity index (χ3v) is 9.48. The van der Waals surface area contributed by atoms with Gasteiger partial charge < -0.3 is 116 Å². The number of Topliss-reactive ketones (excluding diaryl/α,β-unsaturated/α-hetero) is 1. The van der Waals surface area contributed by atoms with Crippen molar-refractivity contribution in [2.45, 2.75) is 80.5 Å². The van der Waals surface area contributed by atoms with Crippen LogP contribution >= 0.6 is 23.5 Å². The molecule has 0 spiro atoms. The Morgan fingerprint density at radius 1 is 0.656 bits per heavy atom. The van der Waals surface area contributed by atoms with Gasteiger partial charge in [-0.3, -0.25) is 4.79 Å². The summed E-state index contributed by atoms with van der Waals surface area (Å²) in [6.45, 7) is 0.551. The molecule has 0 amide bonds. The number of ether oxygens (including phenoxy) is 5. The fourth-order valence-corrected chi connectivity index (χ4v) is 6.83. The Kier molecular flexibility index (Phi) is 29.3. The summed E-state index contributed by atoms with van der Waals surface area (Å²) in [5, 5.41) is 73.0. The Hall–Kier alpha value is 3.16. The molecule has 3 heterocycles. The van der Waals surface area contributed by atoms with Gasteiger partial charge in [0.25, 0.3) is 0 Å². The standard InChI is InChI=1S/C27H35O25P3.6Na/c1-8-17(29)20(32)22(34)26(46-8)45-7-15-18(30)21(33)23(35)27(48-15)49-25-19(31)16-11(28)5-10(50-53(36,37)38)6-14(16)47-24(25)9-2-3-12(51-54(39,40)41)13(4-9)52-55(42,43)44;;;;;;/h2-6,8,15,17-18,20-30,32-35H,7H2,1H3,(H2,36,37,38)(H2,39,40,41)(H2,42,43,44);;;;;;/q;6*+1/p-6/t8?,15-,17?,18?,20-,21+,22-,23?,24?,25?,26+,27+;;;;;;/m1....../s1. The number of phenols is 1. The van der Waals surface area contributed by atoms with Gasteiger partial charge in [-0.15, -0.1) is 0 Å². The average Bonchev–Trinajstić information content (AvgIpc) is 3.05. The first-order valence-electron chi connectivity index (χ1n) is 15.4. The molecule has 3 aliphatic heterocycles. The molecular weight excluding hydrogens is 955 g/mol. The van der Waals surface area contributed by atoms with Crippen molar-refractivity contribution in [3.8, 4) is 28.7 Å². The maximum Gasteiger partial charge on any atom is 1.00 e. The molecule has 0 saturated carbocycles. The molecule has 12 atom stereocenters. The number of benzene rings is 2. The van der Waals surface area contributed by atoms with Crippen LogP contribution in [0.15, 0.2) is 30.3 Å². The topological polar surface area (TPSA) is 422 Å². The molecular formula is C27H29Na6O25P3. The zero-order valence-corrected chi connectivity index (χ0v) is 48.0. The summed E-state index contributed by atoms with van der Waals surface area (Å²) < 4.78 is 74.3. The number of phosphoric acid groups is 3. The molecule has 2 aromatic rings. The van der Waals surface area contributed by atoms with Gasteiger partial charge in [-0.25, -0.2) is 0 Å². The van der Waals surface area contributed by atoms with Crippen LogP contribution in [0.2, 0.25) is 0 Å². The van der Waals surface area contributed by atoms with Gasteiger partial charge in [0.05, 0.1) is 12.7 Å². The molecule has 7 N–H and O–H groups in total. The number of ketones is 1. The Bertz CT molecular complexity index is 1900. The van der Waals surface area contributed by atoms with Crippen LogP contribution in [-0.2, 0) is 32.6 Å². The molecule has 2 aromatic carbocycles. The first-order chi connectivity index (χ1) is 25.3. The fourth-order valence-electron chi connectivity index (χ4n) is 5.69. The van der Waals surface area contributed by atoms with E-state index in [1.165, 1.54) is 6.92 Å². The number of phosphoric ester groups is 3. The normalized spacial score (nSPS) is 29.8. The van der Waals surface area contributed by atoms with Crippen molar-refractivity contribution in [1.29, 1.82) is 0 Å². The molecule has 0 radical (unpaired) electrons. The van der Waals surface area contributed by atoms with E-state index in [-0.39, 0.29) is 177 Å². The van der Waals surface area contributed by atoms with E-state index in [0.717, 1.165) is 6.07 Å². The third kappa shape index (κ3) is 17.5. The van der Waals surface area contributed by atoms with Crippen molar-refractivity contribution in [1.82, 2.24) is 0 Å². The minimum absolute atomic E-state index is 0. The van der Waals surface area contributed by atoms with Gasteiger partial charge in [0, 0.05) is 12.1 Å². The van der Waals surface area contributed by atoms with Gasteiger partial charge in [0.15, 0.2) is 36.3 Å². The van der Waals surface area contributed by atoms with Crippen molar-refractivity contribution < 1.29 is 298 Å². The molecule has 61 heavy (non-hydrogen) atoms. The van der Waals surface area contributed by atoms with Crippen molar-refractivity contribution in [3.63, 3.8) is 0 Å². The van der Waals surface area contributed by atoms with Crippen LogP contribution in [0.5, 0.6) is 28.7 Å². The van der Waals surface area contributed by atoms with Gasteiger partial charge in [0.1, 0.15) is 89.0 Å². The number of aromatic hydroxyl groups is 1. The van der Waals surface area contributed by atoms with E-state index in [0.29, 0.717) is 24.3 Å². The van der Waals surface area contributed by atoms with Gasteiger partial charge in [-0.2, -0.15) is 0 Å². The zero-order chi connectivity index (χ0) is 40.9. The first kappa shape index (κ1) is 66.2. The summed E-state index contributed by atoms with van der Waals surface area (Å²) in [6, 6.07) is 3.06. The summed E-state index contributed by atoms with van der Waals surface area (Å²) in [5.41, 5.74) is -1.29. The number of fused-ring (bicyclic) bond motifs is 1. The van der Waals surface area contributed by atoms with Crippen LogP contribution in [-0.4, -0.2) is 116 Å². The molecule has 34 heteroatoms. The second-order valence-electron chi connectivity index (χ2n) is 12.1. The number of aliphatic hydroxyl groups is 6. The monoisotopic (exact) mass is 984 g/mol. The van der Waals surface area contributed by atoms with Gasteiger partial charge >= 0.3 is 177 Å². The van der Waals surface area contributed by atoms with Crippen molar-refractivity contribution in [2.24, 2.45) is 0 Å². The molecule has 2 fully saturated rings. The predicted octanol–water partition coefficient (Wildman–Crippen LogP) is -24.6. The van der Waals surface area contributed by atoms with Crippen LogP contribution in [0.3, 0.4) is 0 Å². The van der Waals surface area contributed by atoms with E-state index in [1.54, 1.807) is 0 Å². The minimum Gasteiger partial charge on any atom is -0.780 e. The number of aliphatic hydroxyl groups excluding tert-OH is 6. The Labute approximate surface area is 477 Å². The molecule has 0 aromatic heterocycles. The van der Waals surface area contributed by atoms with Crippen molar-refractivity contribution in [2.75, 3.05) is 6.61 Å². The van der Waals surface area contributed by atoms with E-state index < -0.39 is 149 Å². The van der Waals surface area contributed by atoms with E-state index in [1.807, 2.05) is 0 Å². The van der Waals surface area contributed by atoms with Gasteiger partial charge in [-0.05, 0) is 24.6 Å². The summed E-state index contributed by atoms with van der Waals surface area (Å²) in [7, 11) is -17.8. The SMILES string of the molecule is CC1O[C@H](OC[C@H]2O[C@@H](OC3C(=O)c4c(O)cc(OP(=O)([O-])[O-])cc4OC3c3ccc(OP(=O)([O-])[O-])c(OP(=O)([O-])[O-])c3)C(O)[C@@H](O)C2O)[C@H](O)[C@H](O)C1O.[Na+].[Na+].[Na+].[Na+].[Na+].[Na+]. The third-order valence-electron chi connectivity index (χ3n) is 8.20. The van der Waals surface area contributed by atoms with Crippen molar-refractivity contribution in [3.05, 3.63) is 41.5 Å². The van der Waals surface area contributed by atoms with Gasteiger partial charge in [-0.1, -0.05) is 6.07 Å². The second kappa shape index (κ2) is 26.9. The van der Waals surface area contributed by atoms with Crippen LogP contribution in [0.1, 0.15) is 28.9 Å². The van der Waals surface area contributed by atoms with E-state index in [2.05, 4.69) is 13.6 Å². The summed E-state index contributed by atoms with van der Waals surface area (Å²) >= 11 is 0. The van der Waals surface area contributed by atoms with Crippen LogP contribution in [0, 0.1) is 0 Å². The molecule has 3 aliphatic rings. The molecule has 0 bridgehead atoms. The summed E-state index contributed by atoms with van der Waals surface area (Å²) in [5.74, 6) is -6.39. The Balaban J connectivity index is 0. The molecule has 6 unspecified atom stereocenters. The number of rotatable bonds is 12. The maximum atomic E-state index is 14.0. The fraction of sp³-hybridized carbons (Fsp3) is 0.519. The van der Waals surface area contributed by atoms with E-state index in [9.17, 15) is 83.6 Å². The number of carbonyl (C=O) groups excluding carboxylic acids is 1. The molecule has 2 saturated heterocycles. The van der Waals surface area contributed by atoms with Gasteiger partial charge in [0.2, 0.25) is 5.78 Å². The largest absolute Gasteiger partial charge is 1.00 e. The van der Waals surface area contributed by atoms with Crippen LogP contribution in [0.25, 0.3) is 0 Å². The molecule has 308 valence electrons. The predicted molar refractivity (Wildman–Crippen MR) is 157 cm³/mol. The number of hydrogen-bond acceptors (Lipinski definition) is 25. The molecule has 25 nitrogen and oxygen atoms in total. The zero-order valence-electron chi connectivity index (χ0n) is 33.3. The van der Waals surface area contributed by atoms with Crippen LogP contribution < -0.4 is 225 Å². The smallest absolute Gasteiger partial charge is 0.780 e.